The van der Waals surface area contributed by atoms with Crippen molar-refractivity contribution in [3.05, 3.63) is 23.8 Å². The number of benzene rings is 1. The third kappa shape index (κ3) is 5.40. The van der Waals surface area contributed by atoms with Crippen molar-refractivity contribution in [2.24, 2.45) is 5.92 Å². The average molecular weight is 467 g/mol. The largest absolute Gasteiger partial charge is 0.466 e. The van der Waals surface area contributed by atoms with Gasteiger partial charge in [0.05, 0.1) is 36.2 Å². The molecule has 1 aromatic heterocycles. The minimum atomic E-state index is -4.45. The van der Waals surface area contributed by atoms with E-state index in [0.717, 1.165) is 50.9 Å². The van der Waals surface area contributed by atoms with Gasteiger partial charge in [-0.3, -0.25) is 19.6 Å². The van der Waals surface area contributed by atoms with Crippen molar-refractivity contribution in [2.45, 2.75) is 50.9 Å². The van der Waals surface area contributed by atoms with E-state index >= 15 is 0 Å². The summed E-state index contributed by atoms with van der Waals surface area (Å²) in [4.78, 5) is 26.5. The number of alkyl halides is 3. The van der Waals surface area contributed by atoms with Crippen molar-refractivity contribution in [1.82, 2.24) is 20.4 Å². The molecule has 1 amide bonds. The van der Waals surface area contributed by atoms with Gasteiger partial charge in [-0.2, -0.15) is 18.3 Å². The number of anilines is 1. The summed E-state index contributed by atoms with van der Waals surface area (Å²) >= 11 is 0. The lowest BCUT2D eigenvalue weighted by atomic mass is 9.84. The lowest BCUT2D eigenvalue weighted by Crippen LogP contribution is -2.63. The molecule has 0 radical (unpaired) electrons. The molecule has 180 valence electrons. The first-order valence-electron chi connectivity index (χ1n) is 11.2. The number of hydrogen-bond acceptors (Lipinski definition) is 6. The molecule has 1 saturated heterocycles. The van der Waals surface area contributed by atoms with E-state index in [9.17, 15) is 22.8 Å². The smallest absolute Gasteiger partial charge is 0.416 e. The summed E-state index contributed by atoms with van der Waals surface area (Å²) in [7, 11) is 0. The van der Waals surface area contributed by atoms with Crippen molar-refractivity contribution in [1.29, 1.82) is 0 Å². The van der Waals surface area contributed by atoms with E-state index in [4.69, 9.17) is 4.74 Å². The molecule has 4 rings (SSSR count). The topological polar surface area (TPSA) is 99.3 Å². The van der Waals surface area contributed by atoms with E-state index in [-0.39, 0.29) is 41.6 Å². The second-order valence-electron chi connectivity index (χ2n) is 8.66. The number of hydrogen-bond donors (Lipinski definition) is 3. The van der Waals surface area contributed by atoms with Crippen LogP contribution in [0.25, 0.3) is 10.9 Å². The fourth-order valence-corrected chi connectivity index (χ4v) is 4.61. The van der Waals surface area contributed by atoms with Gasteiger partial charge in [0.2, 0.25) is 5.91 Å². The Labute approximate surface area is 189 Å². The highest BCUT2D eigenvalue weighted by atomic mass is 19.4. The van der Waals surface area contributed by atoms with E-state index in [1.54, 1.807) is 0 Å². The predicted octanol–water partition coefficient (Wildman–Crippen LogP) is 2.92. The maximum atomic E-state index is 13.0. The molecule has 3 N–H and O–H groups in total. The summed E-state index contributed by atoms with van der Waals surface area (Å²) in [5.74, 6) is -0.139. The Morgan fingerprint density at radius 2 is 1.94 bits per heavy atom. The lowest BCUT2D eigenvalue weighted by molar-refractivity contribution is -0.149. The Hall–Kier alpha value is -2.82. The van der Waals surface area contributed by atoms with E-state index in [1.807, 2.05) is 6.92 Å². The first-order chi connectivity index (χ1) is 15.7. The van der Waals surface area contributed by atoms with Gasteiger partial charge in [-0.25, -0.2) is 0 Å². The Kier molecular flexibility index (Phi) is 6.78. The van der Waals surface area contributed by atoms with Crippen molar-refractivity contribution in [3.63, 3.8) is 0 Å². The molecule has 2 aliphatic rings. The second-order valence-corrected chi connectivity index (χ2v) is 8.66. The van der Waals surface area contributed by atoms with Crippen molar-refractivity contribution in [3.8, 4) is 0 Å². The molecule has 8 nitrogen and oxygen atoms in total. The molecular weight excluding hydrogens is 439 g/mol. The fourth-order valence-electron chi connectivity index (χ4n) is 4.61. The highest BCUT2D eigenvalue weighted by Gasteiger charge is 2.37. The zero-order chi connectivity index (χ0) is 23.6. The first-order valence-corrected chi connectivity index (χ1v) is 11.2. The lowest BCUT2D eigenvalue weighted by Gasteiger charge is -2.46. The van der Waals surface area contributed by atoms with Crippen LogP contribution in [0.4, 0.5) is 19.0 Å². The number of esters is 1. The van der Waals surface area contributed by atoms with Crippen LogP contribution in [0.3, 0.4) is 0 Å². The van der Waals surface area contributed by atoms with Gasteiger partial charge in [0.25, 0.3) is 0 Å². The van der Waals surface area contributed by atoms with Gasteiger partial charge in [0.15, 0.2) is 5.82 Å². The Balaban J connectivity index is 1.20. The zero-order valence-electron chi connectivity index (χ0n) is 18.4. The highest BCUT2D eigenvalue weighted by molar-refractivity contribution is 5.92. The maximum Gasteiger partial charge on any atom is 0.416 e. The molecule has 2 heterocycles. The molecule has 1 aliphatic carbocycles. The Bertz CT molecular complexity index is 995. The van der Waals surface area contributed by atoms with E-state index in [1.165, 1.54) is 6.07 Å². The monoisotopic (exact) mass is 467 g/mol. The molecule has 0 spiro atoms. The normalized spacial score (nSPS) is 22.1. The number of rotatable bonds is 7. The Morgan fingerprint density at radius 3 is 2.61 bits per heavy atom. The predicted molar refractivity (Wildman–Crippen MR) is 115 cm³/mol. The third-order valence-corrected chi connectivity index (χ3v) is 6.41. The number of aromatic amines is 1. The van der Waals surface area contributed by atoms with Crippen molar-refractivity contribution in [2.75, 3.05) is 31.6 Å². The summed E-state index contributed by atoms with van der Waals surface area (Å²) in [6, 6.07) is 3.77. The summed E-state index contributed by atoms with van der Waals surface area (Å²) in [6.45, 7) is 3.64. The third-order valence-electron chi connectivity index (χ3n) is 6.41. The quantitative estimate of drug-likeness (QED) is 0.542. The van der Waals surface area contributed by atoms with Gasteiger partial charge in [0.1, 0.15) is 0 Å². The van der Waals surface area contributed by atoms with Crippen molar-refractivity contribution < 1.29 is 27.5 Å². The first kappa shape index (κ1) is 23.3. The molecule has 33 heavy (non-hydrogen) atoms. The number of halogens is 3. The van der Waals surface area contributed by atoms with Crippen LogP contribution in [-0.2, 0) is 20.5 Å². The number of amides is 1. The second kappa shape index (κ2) is 9.58. The number of likely N-dealkylation sites (tertiary alicyclic amines) is 1. The number of carbonyl (C=O) groups excluding carboxylic acids is 2. The summed E-state index contributed by atoms with van der Waals surface area (Å²) < 4.78 is 44.0. The number of fused-ring (bicyclic) bond motifs is 1. The molecule has 0 unspecified atom stereocenters. The summed E-state index contributed by atoms with van der Waals surface area (Å²) in [5.41, 5.74) is -0.312. The van der Waals surface area contributed by atoms with Crippen LogP contribution in [0.2, 0.25) is 0 Å². The molecule has 1 aromatic carbocycles. The van der Waals surface area contributed by atoms with Crippen LogP contribution in [0, 0.1) is 5.92 Å². The number of nitrogens with one attached hydrogen (secondary N) is 3. The van der Waals surface area contributed by atoms with Gasteiger partial charge in [-0.1, -0.05) is 0 Å². The molecule has 2 aromatic rings. The van der Waals surface area contributed by atoms with Gasteiger partial charge in [0, 0.05) is 24.5 Å². The van der Waals surface area contributed by atoms with Gasteiger partial charge in [-0.05, 0) is 50.8 Å². The van der Waals surface area contributed by atoms with E-state index in [0.29, 0.717) is 18.2 Å². The van der Waals surface area contributed by atoms with Crippen LogP contribution in [0.15, 0.2) is 18.2 Å². The average Bonchev–Trinajstić information content (AvgIpc) is 3.16. The zero-order valence-corrected chi connectivity index (χ0v) is 18.4. The fraction of sp³-hybridized carbons (Fsp3) is 0.591. The molecule has 11 heteroatoms. The van der Waals surface area contributed by atoms with Crippen LogP contribution < -0.4 is 10.6 Å². The molecular formula is C22H28F3N5O3. The Morgan fingerprint density at radius 1 is 1.21 bits per heavy atom. The molecule has 1 saturated carbocycles. The maximum absolute atomic E-state index is 13.0. The van der Waals surface area contributed by atoms with Gasteiger partial charge in [-0.15, -0.1) is 0 Å². The summed E-state index contributed by atoms with van der Waals surface area (Å²) in [6.07, 6.45) is -0.910. The van der Waals surface area contributed by atoms with Gasteiger partial charge < -0.3 is 15.4 Å². The van der Waals surface area contributed by atoms with Crippen molar-refractivity contribution >= 4 is 28.6 Å². The molecule has 1 aliphatic heterocycles. The van der Waals surface area contributed by atoms with Crippen LogP contribution in [0.1, 0.15) is 38.2 Å². The number of nitrogens with zero attached hydrogens (tertiary/aromatic N) is 2. The van der Waals surface area contributed by atoms with Crippen LogP contribution in [0.5, 0.6) is 0 Å². The SMILES string of the molecule is CCOC(=O)[C@H]1CC[C@@H](N2CC(NC(=O)CNc3n[nH]c4ccc(C(F)(F)F)cc34)C2)CC1. The molecule has 0 bridgehead atoms. The van der Waals surface area contributed by atoms with Crippen LogP contribution in [-0.4, -0.2) is 65.3 Å². The standard InChI is InChI=1S/C22H28F3N5O3/c1-2-33-21(32)13-3-6-16(7-4-13)30-11-15(12-30)27-19(31)10-26-20-17-9-14(22(23,24)25)5-8-18(17)28-29-20/h5,8-9,13,15-16H,2-4,6-7,10-12H2,1H3,(H,27,31)(H2,26,28,29)/t13-,16+. The number of ether oxygens (including phenoxy) is 1. The molecule has 2 fully saturated rings. The van der Waals surface area contributed by atoms with E-state index < -0.39 is 11.7 Å². The van der Waals surface area contributed by atoms with E-state index in [2.05, 4.69) is 25.7 Å². The number of carbonyl (C=O) groups is 2. The van der Waals surface area contributed by atoms with Crippen LogP contribution >= 0.6 is 0 Å². The minimum absolute atomic E-state index is 0.00520. The number of aromatic nitrogens is 2. The highest BCUT2D eigenvalue weighted by Crippen LogP contribution is 2.33. The van der Waals surface area contributed by atoms with Gasteiger partial charge >= 0.3 is 12.1 Å². The number of H-pyrrole nitrogens is 1. The summed E-state index contributed by atoms with van der Waals surface area (Å²) in [5, 5.41) is 12.7. The molecule has 0 atom stereocenters. The minimum Gasteiger partial charge on any atom is -0.466 e.